The van der Waals surface area contributed by atoms with Gasteiger partial charge in [0.05, 0.1) is 5.39 Å². The number of anilines is 1. The predicted octanol–water partition coefficient (Wildman–Crippen LogP) is 4.57. The van der Waals surface area contributed by atoms with Crippen molar-refractivity contribution in [1.29, 1.82) is 0 Å². The average Bonchev–Trinajstić information content (AvgIpc) is 3.06. The first-order valence-electron chi connectivity index (χ1n) is 10.4. The molecule has 0 radical (unpaired) electrons. The summed E-state index contributed by atoms with van der Waals surface area (Å²) in [5.41, 5.74) is 2.46. The molecule has 0 N–H and O–H groups in total. The van der Waals surface area contributed by atoms with Crippen LogP contribution < -0.4 is 4.90 Å². The Morgan fingerprint density at radius 3 is 2.59 bits per heavy atom. The number of rotatable bonds is 5. The second-order valence-electron chi connectivity index (χ2n) is 7.76. The lowest BCUT2D eigenvalue weighted by Gasteiger charge is -2.35. The zero-order valence-corrected chi connectivity index (χ0v) is 18.2. The van der Waals surface area contributed by atoms with Gasteiger partial charge in [-0.3, -0.25) is 4.79 Å². The minimum atomic E-state index is 0.0950. The Hall–Kier alpha value is -2.47. The monoisotopic (exact) mass is 408 g/mol. The molecule has 6 heteroatoms. The first kappa shape index (κ1) is 19.8. The molecule has 1 aromatic carbocycles. The fourth-order valence-electron chi connectivity index (χ4n) is 4.15. The largest absolute Gasteiger partial charge is 0.356 e. The molecule has 2 aromatic heterocycles. The smallest absolute Gasteiger partial charge is 0.226 e. The number of aryl methyl sites for hydroxylation is 2. The second kappa shape index (κ2) is 8.49. The van der Waals surface area contributed by atoms with E-state index in [2.05, 4.69) is 47.8 Å². The van der Waals surface area contributed by atoms with Gasteiger partial charge in [0, 0.05) is 37.0 Å². The highest BCUT2D eigenvalue weighted by atomic mass is 32.1. The minimum absolute atomic E-state index is 0.0950. The molecular formula is C23H28N4OS. The van der Waals surface area contributed by atoms with E-state index in [1.807, 2.05) is 23.1 Å². The first-order valence-corrected chi connectivity index (χ1v) is 11.2. The Balaban J connectivity index is 1.45. The molecule has 3 aromatic rings. The third-order valence-electron chi connectivity index (χ3n) is 6.00. The SMILES string of the molecule is CCN(Cc1ccccc1)C(=O)C1CCN(c2ncnc3sc(C)c(C)c23)CC1. The first-order chi connectivity index (χ1) is 14.1. The number of carbonyl (C=O) groups is 1. The van der Waals surface area contributed by atoms with E-state index in [1.165, 1.54) is 21.4 Å². The summed E-state index contributed by atoms with van der Waals surface area (Å²) in [5.74, 6) is 1.41. The van der Waals surface area contributed by atoms with Crippen molar-refractivity contribution in [1.82, 2.24) is 14.9 Å². The molecule has 29 heavy (non-hydrogen) atoms. The highest BCUT2D eigenvalue weighted by Crippen LogP contribution is 2.35. The lowest BCUT2D eigenvalue weighted by atomic mass is 9.94. The van der Waals surface area contributed by atoms with Crippen LogP contribution in [0.1, 0.15) is 35.8 Å². The van der Waals surface area contributed by atoms with Gasteiger partial charge in [0.2, 0.25) is 5.91 Å². The van der Waals surface area contributed by atoms with Gasteiger partial charge < -0.3 is 9.80 Å². The van der Waals surface area contributed by atoms with Gasteiger partial charge >= 0.3 is 0 Å². The lowest BCUT2D eigenvalue weighted by molar-refractivity contribution is -0.136. The van der Waals surface area contributed by atoms with Gasteiger partial charge in [0.25, 0.3) is 0 Å². The van der Waals surface area contributed by atoms with Crippen LogP contribution >= 0.6 is 11.3 Å². The van der Waals surface area contributed by atoms with Crippen LogP contribution in [0, 0.1) is 19.8 Å². The van der Waals surface area contributed by atoms with Gasteiger partial charge in [-0.05, 0) is 44.7 Å². The summed E-state index contributed by atoms with van der Waals surface area (Å²) < 4.78 is 0. The van der Waals surface area contributed by atoms with Gasteiger partial charge in [0.15, 0.2) is 0 Å². The maximum Gasteiger partial charge on any atom is 0.226 e. The molecule has 0 unspecified atom stereocenters. The van der Waals surface area contributed by atoms with Gasteiger partial charge in [-0.2, -0.15) is 0 Å². The Labute approximate surface area is 176 Å². The number of amides is 1. The van der Waals surface area contributed by atoms with Crippen molar-refractivity contribution in [3.8, 4) is 0 Å². The fourth-order valence-corrected chi connectivity index (χ4v) is 5.14. The van der Waals surface area contributed by atoms with Crippen LogP contribution in [0.3, 0.4) is 0 Å². The van der Waals surface area contributed by atoms with Crippen LogP contribution in [0.4, 0.5) is 5.82 Å². The predicted molar refractivity (Wildman–Crippen MR) is 119 cm³/mol. The van der Waals surface area contributed by atoms with E-state index >= 15 is 0 Å². The molecule has 152 valence electrons. The van der Waals surface area contributed by atoms with E-state index < -0.39 is 0 Å². The maximum absolute atomic E-state index is 13.1. The molecule has 1 aliphatic heterocycles. The Morgan fingerprint density at radius 2 is 1.90 bits per heavy atom. The number of nitrogens with zero attached hydrogens (tertiary/aromatic N) is 4. The zero-order valence-electron chi connectivity index (χ0n) is 17.4. The van der Waals surface area contributed by atoms with E-state index in [4.69, 9.17) is 0 Å². The summed E-state index contributed by atoms with van der Waals surface area (Å²) in [6, 6.07) is 10.2. The molecule has 1 saturated heterocycles. The highest BCUT2D eigenvalue weighted by molar-refractivity contribution is 7.18. The van der Waals surface area contributed by atoms with Crippen molar-refractivity contribution in [2.24, 2.45) is 5.92 Å². The highest BCUT2D eigenvalue weighted by Gasteiger charge is 2.29. The number of piperidine rings is 1. The number of aromatic nitrogens is 2. The number of carbonyl (C=O) groups excluding carboxylic acids is 1. The molecule has 0 spiro atoms. The van der Waals surface area contributed by atoms with Crippen molar-refractivity contribution < 1.29 is 4.79 Å². The summed E-state index contributed by atoms with van der Waals surface area (Å²) in [6.45, 7) is 9.52. The van der Waals surface area contributed by atoms with E-state index in [9.17, 15) is 4.79 Å². The van der Waals surface area contributed by atoms with Crippen LogP contribution in [0.15, 0.2) is 36.7 Å². The average molecular weight is 409 g/mol. The molecule has 5 nitrogen and oxygen atoms in total. The van der Waals surface area contributed by atoms with Gasteiger partial charge in [-0.25, -0.2) is 9.97 Å². The van der Waals surface area contributed by atoms with Crippen LogP contribution in [-0.2, 0) is 11.3 Å². The topological polar surface area (TPSA) is 49.3 Å². The maximum atomic E-state index is 13.1. The van der Waals surface area contributed by atoms with Crippen LogP contribution in [0.5, 0.6) is 0 Å². The van der Waals surface area contributed by atoms with Crippen molar-refractivity contribution in [3.63, 3.8) is 0 Å². The Kier molecular flexibility index (Phi) is 5.81. The molecule has 0 atom stereocenters. The van der Waals surface area contributed by atoms with Crippen molar-refractivity contribution in [3.05, 3.63) is 52.7 Å². The summed E-state index contributed by atoms with van der Waals surface area (Å²) in [4.78, 5) is 28.9. The summed E-state index contributed by atoms with van der Waals surface area (Å²) in [6.07, 6.45) is 3.42. The second-order valence-corrected chi connectivity index (χ2v) is 8.96. The van der Waals surface area contributed by atoms with Crippen molar-refractivity contribution in [2.75, 3.05) is 24.5 Å². The number of hydrogen-bond donors (Lipinski definition) is 0. The quantitative estimate of drug-likeness (QED) is 0.620. The summed E-state index contributed by atoms with van der Waals surface area (Å²) >= 11 is 1.73. The number of fused-ring (bicyclic) bond motifs is 1. The van der Waals surface area contributed by atoms with Crippen LogP contribution in [-0.4, -0.2) is 40.4 Å². The molecule has 0 saturated carbocycles. The standard InChI is InChI=1S/C23H28N4OS/c1-4-26(14-18-8-6-5-7-9-18)23(28)19-10-12-27(13-11-19)21-20-16(2)17(3)29-22(20)25-15-24-21/h5-9,15,19H,4,10-14H2,1-3H3. The zero-order chi connectivity index (χ0) is 20.4. The van der Waals surface area contributed by atoms with Gasteiger partial charge in [-0.1, -0.05) is 30.3 Å². The fraction of sp³-hybridized carbons (Fsp3) is 0.435. The Morgan fingerprint density at radius 1 is 1.17 bits per heavy atom. The third-order valence-corrected chi connectivity index (χ3v) is 7.11. The van der Waals surface area contributed by atoms with E-state index in [0.717, 1.165) is 43.1 Å². The Bertz CT molecular complexity index is 993. The van der Waals surface area contributed by atoms with Gasteiger partial charge in [-0.15, -0.1) is 11.3 Å². The number of thiophene rings is 1. The van der Waals surface area contributed by atoms with Crippen molar-refractivity contribution in [2.45, 2.75) is 40.2 Å². The number of benzene rings is 1. The lowest BCUT2D eigenvalue weighted by Crippen LogP contribution is -2.42. The van der Waals surface area contributed by atoms with E-state index in [1.54, 1.807) is 17.7 Å². The molecular weight excluding hydrogens is 380 g/mol. The normalized spacial score (nSPS) is 15.1. The van der Waals surface area contributed by atoms with E-state index in [0.29, 0.717) is 6.54 Å². The van der Waals surface area contributed by atoms with Crippen LogP contribution in [0.2, 0.25) is 0 Å². The molecule has 1 aliphatic rings. The molecule has 1 fully saturated rings. The third kappa shape index (κ3) is 3.99. The molecule has 1 amide bonds. The summed E-state index contributed by atoms with van der Waals surface area (Å²) in [5, 5.41) is 1.18. The molecule has 0 bridgehead atoms. The van der Waals surface area contributed by atoms with E-state index in [-0.39, 0.29) is 11.8 Å². The summed E-state index contributed by atoms with van der Waals surface area (Å²) in [7, 11) is 0. The molecule has 3 heterocycles. The molecule has 0 aliphatic carbocycles. The minimum Gasteiger partial charge on any atom is -0.356 e. The van der Waals surface area contributed by atoms with Crippen LogP contribution in [0.25, 0.3) is 10.2 Å². The molecule has 4 rings (SSSR count). The van der Waals surface area contributed by atoms with Gasteiger partial charge in [0.1, 0.15) is 17.0 Å². The van der Waals surface area contributed by atoms with Crippen molar-refractivity contribution >= 4 is 33.3 Å². The number of hydrogen-bond acceptors (Lipinski definition) is 5.